The molecule has 0 bridgehead atoms. The van der Waals surface area contributed by atoms with Crippen molar-refractivity contribution in [3.05, 3.63) is 71.0 Å². The molecule has 0 spiro atoms. The minimum Gasteiger partial charge on any atom is -0.478 e. The zero-order valence-electron chi connectivity index (χ0n) is 14.9. The van der Waals surface area contributed by atoms with Crippen LogP contribution in [0.1, 0.15) is 27.3 Å². The Morgan fingerprint density at radius 2 is 1.50 bits per heavy atom. The molecule has 132 valence electrons. The first-order valence-electron chi connectivity index (χ1n) is 8.22. The summed E-state index contributed by atoms with van der Waals surface area (Å²) in [5.74, 6) is 0.759. The lowest BCUT2D eigenvalue weighted by Gasteiger charge is -2.14. The Bertz CT molecular complexity index is 950. The third kappa shape index (κ3) is 3.80. The molecule has 3 aromatic rings. The summed E-state index contributed by atoms with van der Waals surface area (Å²) in [6, 6.07) is 14.6. The van der Waals surface area contributed by atoms with E-state index in [0.717, 1.165) is 16.8 Å². The van der Waals surface area contributed by atoms with Gasteiger partial charge in [0.25, 0.3) is 0 Å². The summed E-state index contributed by atoms with van der Waals surface area (Å²) in [5.41, 5.74) is 3.91. The lowest BCUT2D eigenvalue weighted by atomic mass is 10.1. The van der Waals surface area contributed by atoms with E-state index >= 15 is 0 Å². The Morgan fingerprint density at radius 1 is 0.885 bits per heavy atom. The molecular weight excluding hydrogens is 328 g/mol. The number of hydrogen-bond acceptors (Lipinski definition) is 5. The fourth-order valence-corrected chi connectivity index (χ4v) is 2.75. The quantitative estimate of drug-likeness (QED) is 0.625. The van der Waals surface area contributed by atoms with Crippen molar-refractivity contribution in [2.75, 3.05) is 10.6 Å². The maximum Gasteiger partial charge on any atom is 0.337 e. The van der Waals surface area contributed by atoms with E-state index in [-0.39, 0.29) is 5.56 Å². The van der Waals surface area contributed by atoms with Crippen LogP contribution in [-0.2, 0) is 0 Å². The molecule has 0 aliphatic carbocycles. The monoisotopic (exact) mass is 348 g/mol. The van der Waals surface area contributed by atoms with E-state index < -0.39 is 5.97 Å². The molecule has 26 heavy (non-hydrogen) atoms. The van der Waals surface area contributed by atoms with E-state index in [0.29, 0.717) is 23.1 Å². The topological polar surface area (TPSA) is 87.1 Å². The van der Waals surface area contributed by atoms with E-state index in [1.165, 1.54) is 0 Å². The number of hydrogen-bond donors (Lipinski definition) is 3. The Labute approximate surface area is 152 Å². The van der Waals surface area contributed by atoms with Gasteiger partial charge in [-0.2, -0.15) is 0 Å². The standard InChI is InChI=1S/C20H20N4O2/c1-12-7-6-8-13(2)19(12)24-18-11-17(21-14(3)22-18)23-16-10-5-4-9-15(16)20(25)26/h4-11H,1-3H3,(H,25,26)(H2,21,22,23,24). The number of carboxylic acid groups (broad SMARTS) is 1. The van der Waals surface area contributed by atoms with Gasteiger partial charge in [-0.3, -0.25) is 0 Å². The van der Waals surface area contributed by atoms with Gasteiger partial charge < -0.3 is 15.7 Å². The second-order valence-electron chi connectivity index (χ2n) is 6.05. The van der Waals surface area contributed by atoms with Crippen LogP contribution in [0.15, 0.2) is 48.5 Å². The molecule has 6 heteroatoms. The molecule has 0 fully saturated rings. The number of para-hydroxylation sites is 2. The Kier molecular flexibility index (Phi) is 4.84. The lowest BCUT2D eigenvalue weighted by Crippen LogP contribution is -2.06. The molecule has 0 aliphatic rings. The fourth-order valence-electron chi connectivity index (χ4n) is 2.75. The number of aromatic nitrogens is 2. The van der Waals surface area contributed by atoms with Crippen LogP contribution in [0.4, 0.5) is 23.0 Å². The zero-order chi connectivity index (χ0) is 18.7. The van der Waals surface area contributed by atoms with Gasteiger partial charge in [-0.1, -0.05) is 30.3 Å². The summed E-state index contributed by atoms with van der Waals surface area (Å²) < 4.78 is 0. The minimum atomic E-state index is -0.993. The number of aryl methyl sites for hydroxylation is 3. The Morgan fingerprint density at radius 3 is 2.15 bits per heavy atom. The maximum absolute atomic E-state index is 11.4. The molecule has 3 rings (SSSR count). The van der Waals surface area contributed by atoms with Crippen molar-refractivity contribution in [3.8, 4) is 0 Å². The number of nitrogens with one attached hydrogen (secondary N) is 2. The molecule has 1 aromatic heterocycles. The van der Waals surface area contributed by atoms with Gasteiger partial charge in [0, 0.05) is 11.8 Å². The molecule has 0 aliphatic heterocycles. The van der Waals surface area contributed by atoms with E-state index in [1.54, 1.807) is 37.3 Å². The fraction of sp³-hybridized carbons (Fsp3) is 0.150. The molecule has 0 amide bonds. The molecule has 1 heterocycles. The van der Waals surface area contributed by atoms with E-state index in [2.05, 4.69) is 20.6 Å². The van der Waals surface area contributed by atoms with E-state index in [9.17, 15) is 9.90 Å². The number of carbonyl (C=O) groups is 1. The van der Waals surface area contributed by atoms with Gasteiger partial charge in [0.05, 0.1) is 11.3 Å². The predicted octanol–water partition coefficient (Wildman–Crippen LogP) is 4.59. The number of benzene rings is 2. The van der Waals surface area contributed by atoms with Crippen molar-refractivity contribution in [2.45, 2.75) is 20.8 Å². The van der Waals surface area contributed by atoms with Gasteiger partial charge in [0.2, 0.25) is 0 Å². The first kappa shape index (κ1) is 17.4. The van der Waals surface area contributed by atoms with Crippen LogP contribution < -0.4 is 10.6 Å². The van der Waals surface area contributed by atoms with Crippen LogP contribution in [0.3, 0.4) is 0 Å². The SMILES string of the molecule is Cc1nc(Nc2ccccc2C(=O)O)cc(Nc2c(C)cccc2C)n1. The van der Waals surface area contributed by atoms with Gasteiger partial charge in [0.15, 0.2) is 0 Å². The molecule has 6 nitrogen and oxygen atoms in total. The summed E-state index contributed by atoms with van der Waals surface area (Å²) in [6.45, 7) is 5.86. The van der Waals surface area contributed by atoms with Gasteiger partial charge in [-0.15, -0.1) is 0 Å². The van der Waals surface area contributed by atoms with Crippen molar-refractivity contribution in [2.24, 2.45) is 0 Å². The summed E-state index contributed by atoms with van der Waals surface area (Å²) in [6.07, 6.45) is 0. The smallest absolute Gasteiger partial charge is 0.337 e. The largest absolute Gasteiger partial charge is 0.478 e. The molecule has 0 unspecified atom stereocenters. The van der Waals surface area contributed by atoms with Crippen molar-refractivity contribution in [1.82, 2.24) is 9.97 Å². The van der Waals surface area contributed by atoms with Crippen molar-refractivity contribution in [1.29, 1.82) is 0 Å². The number of nitrogens with zero attached hydrogens (tertiary/aromatic N) is 2. The summed E-state index contributed by atoms with van der Waals surface area (Å²) in [7, 11) is 0. The van der Waals surface area contributed by atoms with Crippen LogP contribution in [0, 0.1) is 20.8 Å². The third-order valence-electron chi connectivity index (χ3n) is 3.99. The van der Waals surface area contributed by atoms with Crippen LogP contribution in [0.2, 0.25) is 0 Å². The summed E-state index contributed by atoms with van der Waals surface area (Å²) in [5, 5.41) is 15.7. The van der Waals surface area contributed by atoms with Crippen molar-refractivity contribution < 1.29 is 9.90 Å². The maximum atomic E-state index is 11.4. The third-order valence-corrected chi connectivity index (χ3v) is 3.99. The van der Waals surface area contributed by atoms with Gasteiger partial charge >= 0.3 is 5.97 Å². The normalized spacial score (nSPS) is 10.4. The highest BCUT2D eigenvalue weighted by Gasteiger charge is 2.11. The summed E-state index contributed by atoms with van der Waals surface area (Å²) in [4.78, 5) is 20.2. The van der Waals surface area contributed by atoms with Crippen molar-refractivity contribution in [3.63, 3.8) is 0 Å². The van der Waals surface area contributed by atoms with E-state index in [1.807, 2.05) is 32.0 Å². The molecule has 0 atom stereocenters. The molecule has 0 radical (unpaired) electrons. The predicted molar refractivity (Wildman–Crippen MR) is 103 cm³/mol. The Hall–Kier alpha value is -3.41. The van der Waals surface area contributed by atoms with Crippen LogP contribution in [0.25, 0.3) is 0 Å². The average molecular weight is 348 g/mol. The highest BCUT2D eigenvalue weighted by atomic mass is 16.4. The van der Waals surface area contributed by atoms with Crippen LogP contribution in [-0.4, -0.2) is 21.0 Å². The first-order valence-corrected chi connectivity index (χ1v) is 8.22. The van der Waals surface area contributed by atoms with Gasteiger partial charge in [0.1, 0.15) is 17.5 Å². The van der Waals surface area contributed by atoms with Crippen molar-refractivity contribution >= 4 is 29.0 Å². The molecule has 0 saturated carbocycles. The van der Waals surface area contributed by atoms with Crippen LogP contribution >= 0.6 is 0 Å². The minimum absolute atomic E-state index is 0.188. The first-order chi connectivity index (χ1) is 12.4. The zero-order valence-corrected chi connectivity index (χ0v) is 14.9. The number of aromatic carboxylic acids is 1. The second-order valence-corrected chi connectivity index (χ2v) is 6.05. The Balaban J connectivity index is 1.93. The molecular formula is C20H20N4O2. The summed E-state index contributed by atoms with van der Waals surface area (Å²) >= 11 is 0. The van der Waals surface area contributed by atoms with Gasteiger partial charge in [-0.25, -0.2) is 14.8 Å². The van der Waals surface area contributed by atoms with Gasteiger partial charge in [-0.05, 0) is 44.0 Å². The van der Waals surface area contributed by atoms with Crippen LogP contribution in [0.5, 0.6) is 0 Å². The number of carboxylic acids is 1. The lowest BCUT2D eigenvalue weighted by molar-refractivity contribution is 0.0698. The molecule has 0 saturated heterocycles. The van der Waals surface area contributed by atoms with E-state index in [4.69, 9.17) is 0 Å². The molecule has 2 aromatic carbocycles. The second kappa shape index (κ2) is 7.23. The highest BCUT2D eigenvalue weighted by molar-refractivity contribution is 5.95. The highest BCUT2D eigenvalue weighted by Crippen LogP contribution is 2.26. The molecule has 3 N–H and O–H groups in total. The number of anilines is 4. The average Bonchev–Trinajstić information content (AvgIpc) is 2.58. The number of rotatable bonds is 5.